The Morgan fingerprint density at radius 2 is 2.29 bits per heavy atom. The fourth-order valence-corrected chi connectivity index (χ4v) is 2.31. The van der Waals surface area contributed by atoms with E-state index in [0.717, 1.165) is 31.2 Å². The first-order valence-corrected chi connectivity index (χ1v) is 7.35. The Hall–Kier alpha value is -1.85. The minimum absolute atomic E-state index is 0.354. The quantitative estimate of drug-likeness (QED) is 0.924. The predicted octanol–water partition coefficient (Wildman–Crippen LogP) is 2.14. The van der Waals surface area contributed by atoms with Crippen LogP contribution in [0.4, 0.5) is 10.7 Å². The molecule has 6 nitrogen and oxygen atoms in total. The summed E-state index contributed by atoms with van der Waals surface area (Å²) >= 11 is 0. The molecule has 0 aromatic carbocycles. The summed E-state index contributed by atoms with van der Waals surface area (Å²) in [4.78, 5) is 22.5. The number of amides is 1. The molecular weight excluding hydrogens is 268 g/mol. The monoisotopic (exact) mass is 292 g/mol. The van der Waals surface area contributed by atoms with Crippen molar-refractivity contribution in [1.29, 1.82) is 0 Å². The van der Waals surface area contributed by atoms with E-state index in [1.807, 2.05) is 33.8 Å². The Morgan fingerprint density at radius 1 is 1.52 bits per heavy atom. The van der Waals surface area contributed by atoms with Crippen molar-refractivity contribution in [1.82, 2.24) is 15.3 Å². The van der Waals surface area contributed by atoms with Gasteiger partial charge in [-0.1, -0.05) is 0 Å². The number of hydrogen-bond acceptors (Lipinski definition) is 5. The zero-order valence-electron chi connectivity index (χ0n) is 13.2. The van der Waals surface area contributed by atoms with Crippen LogP contribution in [0.25, 0.3) is 0 Å². The van der Waals surface area contributed by atoms with E-state index in [2.05, 4.69) is 20.2 Å². The second-order valence-corrected chi connectivity index (χ2v) is 6.48. The molecule has 1 amide bonds. The summed E-state index contributed by atoms with van der Waals surface area (Å²) in [6.45, 7) is 9.94. The van der Waals surface area contributed by atoms with Crippen molar-refractivity contribution < 1.29 is 9.53 Å². The van der Waals surface area contributed by atoms with Crippen molar-refractivity contribution in [3.63, 3.8) is 0 Å². The molecule has 1 atom stereocenters. The maximum Gasteiger partial charge on any atom is 0.407 e. The van der Waals surface area contributed by atoms with Crippen LogP contribution in [0, 0.1) is 12.8 Å². The van der Waals surface area contributed by atoms with Crippen molar-refractivity contribution in [2.75, 3.05) is 24.5 Å². The fraction of sp³-hybridized carbons (Fsp3) is 0.667. The van der Waals surface area contributed by atoms with Crippen LogP contribution in [0.2, 0.25) is 0 Å². The van der Waals surface area contributed by atoms with Gasteiger partial charge < -0.3 is 15.0 Å². The molecule has 1 aliphatic rings. The van der Waals surface area contributed by atoms with Crippen LogP contribution in [0.15, 0.2) is 12.3 Å². The number of aryl methyl sites for hydroxylation is 1. The molecule has 21 heavy (non-hydrogen) atoms. The Kier molecular flexibility index (Phi) is 4.65. The van der Waals surface area contributed by atoms with Crippen LogP contribution in [0.3, 0.4) is 0 Å². The van der Waals surface area contributed by atoms with Gasteiger partial charge in [-0.2, -0.15) is 0 Å². The van der Waals surface area contributed by atoms with Crippen LogP contribution < -0.4 is 10.2 Å². The molecular formula is C15H24N4O2. The lowest BCUT2D eigenvalue weighted by Gasteiger charge is -2.21. The molecule has 1 aromatic heterocycles. The van der Waals surface area contributed by atoms with Gasteiger partial charge in [-0.25, -0.2) is 14.8 Å². The van der Waals surface area contributed by atoms with Crippen molar-refractivity contribution in [2.24, 2.45) is 5.92 Å². The number of aromatic nitrogens is 2. The molecule has 1 N–H and O–H groups in total. The molecule has 1 aliphatic heterocycles. The highest BCUT2D eigenvalue weighted by Gasteiger charge is 2.25. The van der Waals surface area contributed by atoms with E-state index in [1.165, 1.54) is 0 Å². The molecule has 0 radical (unpaired) electrons. The van der Waals surface area contributed by atoms with Crippen molar-refractivity contribution in [3.8, 4) is 0 Å². The summed E-state index contributed by atoms with van der Waals surface area (Å²) in [5.41, 5.74) is 0.511. The number of carbonyl (C=O) groups is 1. The lowest BCUT2D eigenvalue weighted by molar-refractivity contribution is 0.0520. The molecule has 1 fully saturated rings. The Balaban J connectivity index is 1.79. The van der Waals surface area contributed by atoms with Crippen molar-refractivity contribution in [2.45, 2.75) is 39.7 Å². The molecule has 0 saturated carbocycles. The normalized spacial score (nSPS) is 18.7. The number of alkyl carbamates (subject to hydrolysis) is 1. The summed E-state index contributed by atoms with van der Waals surface area (Å²) in [5.74, 6) is 1.18. The van der Waals surface area contributed by atoms with Gasteiger partial charge in [0.05, 0.1) is 0 Å². The molecule has 6 heteroatoms. The standard InChI is InChI=1S/C15H24N4O2/c1-11-5-7-16-13(18-11)19-8-6-12(10-19)9-17-14(20)21-15(2,3)4/h5,7,12H,6,8-10H2,1-4H3,(H,17,20)/t12-/m0/s1. The van der Waals surface area contributed by atoms with Gasteiger partial charge in [-0.15, -0.1) is 0 Å². The third-order valence-electron chi connectivity index (χ3n) is 3.28. The smallest absolute Gasteiger partial charge is 0.407 e. The van der Waals surface area contributed by atoms with E-state index in [0.29, 0.717) is 12.5 Å². The molecule has 1 aromatic rings. The second kappa shape index (κ2) is 6.28. The van der Waals surface area contributed by atoms with Gasteiger partial charge in [0.15, 0.2) is 0 Å². The van der Waals surface area contributed by atoms with E-state index < -0.39 is 5.60 Å². The van der Waals surface area contributed by atoms with Crippen molar-refractivity contribution in [3.05, 3.63) is 18.0 Å². The molecule has 2 heterocycles. The molecule has 116 valence electrons. The zero-order chi connectivity index (χ0) is 15.5. The van der Waals surface area contributed by atoms with E-state index in [-0.39, 0.29) is 6.09 Å². The van der Waals surface area contributed by atoms with Crippen LogP contribution in [-0.4, -0.2) is 41.3 Å². The highest BCUT2D eigenvalue weighted by molar-refractivity contribution is 5.67. The van der Waals surface area contributed by atoms with Crippen LogP contribution in [0.1, 0.15) is 32.9 Å². The molecule has 0 unspecified atom stereocenters. The minimum atomic E-state index is -0.457. The summed E-state index contributed by atoms with van der Waals surface area (Å²) in [6, 6.07) is 1.89. The first-order valence-electron chi connectivity index (χ1n) is 7.35. The van der Waals surface area contributed by atoms with E-state index in [9.17, 15) is 4.79 Å². The summed E-state index contributed by atoms with van der Waals surface area (Å²) in [5, 5.41) is 2.84. The van der Waals surface area contributed by atoms with Crippen LogP contribution in [0.5, 0.6) is 0 Å². The maximum absolute atomic E-state index is 11.6. The minimum Gasteiger partial charge on any atom is -0.444 e. The van der Waals surface area contributed by atoms with Gasteiger partial charge in [-0.3, -0.25) is 0 Å². The third-order valence-corrected chi connectivity index (χ3v) is 3.28. The predicted molar refractivity (Wildman–Crippen MR) is 81.3 cm³/mol. The number of anilines is 1. The first-order chi connectivity index (χ1) is 9.83. The van der Waals surface area contributed by atoms with Gasteiger partial charge in [0.2, 0.25) is 5.95 Å². The van der Waals surface area contributed by atoms with E-state index >= 15 is 0 Å². The van der Waals surface area contributed by atoms with Gasteiger partial charge in [0, 0.05) is 31.5 Å². The Morgan fingerprint density at radius 3 is 2.95 bits per heavy atom. The average Bonchev–Trinajstić information content (AvgIpc) is 2.83. The largest absolute Gasteiger partial charge is 0.444 e. The number of ether oxygens (including phenoxy) is 1. The summed E-state index contributed by atoms with van der Waals surface area (Å²) < 4.78 is 5.24. The molecule has 0 bridgehead atoms. The average molecular weight is 292 g/mol. The van der Waals surface area contributed by atoms with Crippen molar-refractivity contribution >= 4 is 12.0 Å². The molecule has 1 saturated heterocycles. The van der Waals surface area contributed by atoms with E-state index in [4.69, 9.17) is 4.74 Å². The Labute approximate surface area is 125 Å². The lowest BCUT2D eigenvalue weighted by Crippen LogP contribution is -2.36. The van der Waals surface area contributed by atoms with Crippen LogP contribution in [-0.2, 0) is 4.74 Å². The topological polar surface area (TPSA) is 67.4 Å². The van der Waals surface area contributed by atoms with Gasteiger partial charge in [-0.05, 0) is 46.1 Å². The molecule has 2 rings (SSSR count). The highest BCUT2D eigenvalue weighted by atomic mass is 16.6. The number of nitrogens with zero attached hydrogens (tertiary/aromatic N) is 3. The summed E-state index contributed by atoms with van der Waals surface area (Å²) in [7, 11) is 0. The second-order valence-electron chi connectivity index (χ2n) is 6.48. The van der Waals surface area contributed by atoms with Gasteiger partial charge in [0.1, 0.15) is 5.60 Å². The summed E-state index contributed by atoms with van der Waals surface area (Å²) in [6.07, 6.45) is 2.45. The number of nitrogens with one attached hydrogen (secondary N) is 1. The first kappa shape index (κ1) is 15.5. The Bertz CT molecular complexity index is 499. The van der Waals surface area contributed by atoms with Gasteiger partial charge >= 0.3 is 6.09 Å². The third kappa shape index (κ3) is 4.88. The SMILES string of the molecule is Cc1ccnc(N2CC[C@@H](CNC(=O)OC(C)(C)C)C2)n1. The zero-order valence-corrected chi connectivity index (χ0v) is 13.2. The number of hydrogen-bond donors (Lipinski definition) is 1. The lowest BCUT2D eigenvalue weighted by atomic mass is 10.1. The number of rotatable bonds is 3. The molecule has 0 spiro atoms. The number of carbonyl (C=O) groups excluding carboxylic acids is 1. The van der Waals surface area contributed by atoms with Crippen LogP contribution >= 0.6 is 0 Å². The highest BCUT2D eigenvalue weighted by Crippen LogP contribution is 2.20. The van der Waals surface area contributed by atoms with E-state index in [1.54, 1.807) is 6.20 Å². The van der Waals surface area contributed by atoms with Gasteiger partial charge in [0.25, 0.3) is 0 Å². The maximum atomic E-state index is 11.6. The fourth-order valence-electron chi connectivity index (χ4n) is 2.31. The molecule has 0 aliphatic carbocycles.